The molecule has 1 heterocycles. The number of nitriles is 1. The van der Waals surface area contributed by atoms with Gasteiger partial charge in [-0.3, -0.25) is 4.79 Å². The van der Waals surface area contributed by atoms with Crippen LogP contribution in [0, 0.1) is 11.3 Å². The molecule has 0 aliphatic carbocycles. The van der Waals surface area contributed by atoms with Gasteiger partial charge in [-0.15, -0.1) is 6.58 Å². The summed E-state index contributed by atoms with van der Waals surface area (Å²) < 4.78 is 27.6. The number of furan rings is 1. The van der Waals surface area contributed by atoms with E-state index in [1.54, 1.807) is 37.4 Å². The molecule has 2 aromatic carbocycles. The number of hydrogen-bond acceptors (Lipinski definition) is 7. The lowest BCUT2D eigenvalue weighted by Crippen LogP contribution is -2.23. The molecule has 3 rings (SSSR count). The molecule has 186 valence electrons. The molecule has 0 fully saturated rings. The molecule has 0 aliphatic rings. The maximum Gasteiger partial charge on any atom is 0.262 e. The predicted molar refractivity (Wildman–Crippen MR) is 135 cm³/mol. The van der Waals surface area contributed by atoms with Crippen LogP contribution in [0.3, 0.4) is 0 Å². The molecule has 1 aromatic heterocycles. The Hall–Kier alpha value is -4.64. The van der Waals surface area contributed by atoms with Gasteiger partial charge in [0.15, 0.2) is 23.0 Å². The third-order valence-electron chi connectivity index (χ3n) is 5.07. The summed E-state index contributed by atoms with van der Waals surface area (Å²) in [7, 11) is 3.11. The minimum atomic E-state index is -0.502. The van der Waals surface area contributed by atoms with Crippen molar-refractivity contribution in [1.29, 1.82) is 5.26 Å². The maximum atomic E-state index is 12.4. The molecule has 0 saturated carbocycles. The number of nitrogens with zero attached hydrogens (tertiary/aromatic N) is 1. The summed E-state index contributed by atoms with van der Waals surface area (Å²) in [5.74, 6) is 2.32. The van der Waals surface area contributed by atoms with Crippen LogP contribution in [-0.4, -0.2) is 33.3 Å². The molecule has 0 spiro atoms. The summed E-state index contributed by atoms with van der Waals surface area (Å²) in [5, 5.41) is 12.1. The number of methoxy groups -OCH3 is 2. The Kier molecular flexibility index (Phi) is 9.60. The number of carbonyl (C=O) groups is 1. The zero-order valence-electron chi connectivity index (χ0n) is 20.3. The number of hydrogen-bond donors (Lipinski definition) is 1. The second-order valence-corrected chi connectivity index (χ2v) is 7.52. The van der Waals surface area contributed by atoms with Crippen LogP contribution in [-0.2, 0) is 17.8 Å². The molecule has 0 radical (unpaired) electrons. The minimum Gasteiger partial charge on any atom is -0.493 e. The first-order valence-electron chi connectivity index (χ1n) is 11.2. The Morgan fingerprint density at radius 1 is 1.03 bits per heavy atom. The third-order valence-corrected chi connectivity index (χ3v) is 5.07. The second-order valence-electron chi connectivity index (χ2n) is 7.52. The van der Waals surface area contributed by atoms with Gasteiger partial charge in [-0.05, 0) is 60.0 Å². The lowest BCUT2D eigenvalue weighted by molar-refractivity contribution is -0.117. The molecule has 0 saturated heterocycles. The SMILES string of the molecule is C=CCc1ccc(OCCOc2ccc(C=C(C#N)C(=O)NCc3ccco3)cc2OC)c(OC)c1. The van der Waals surface area contributed by atoms with Crippen molar-refractivity contribution in [2.24, 2.45) is 0 Å². The van der Waals surface area contributed by atoms with Gasteiger partial charge in [0.25, 0.3) is 5.91 Å². The van der Waals surface area contributed by atoms with E-state index in [0.717, 1.165) is 12.0 Å². The molecule has 0 atom stereocenters. The molecule has 36 heavy (non-hydrogen) atoms. The van der Waals surface area contributed by atoms with Crippen LogP contribution in [0.1, 0.15) is 16.9 Å². The fourth-order valence-corrected chi connectivity index (χ4v) is 3.31. The number of ether oxygens (including phenoxy) is 4. The molecule has 8 heteroatoms. The van der Waals surface area contributed by atoms with Gasteiger partial charge in [-0.1, -0.05) is 18.2 Å². The van der Waals surface area contributed by atoms with E-state index < -0.39 is 5.91 Å². The lowest BCUT2D eigenvalue weighted by atomic mass is 10.1. The Labute approximate surface area is 210 Å². The summed E-state index contributed by atoms with van der Waals surface area (Å²) in [5.41, 5.74) is 1.65. The predicted octanol–water partition coefficient (Wildman–Crippen LogP) is 4.71. The van der Waals surface area contributed by atoms with E-state index >= 15 is 0 Å². The van der Waals surface area contributed by atoms with Gasteiger partial charge in [-0.2, -0.15) is 5.26 Å². The number of rotatable bonds is 13. The summed E-state index contributed by atoms with van der Waals surface area (Å²) in [6, 6.07) is 16.3. The van der Waals surface area contributed by atoms with E-state index in [9.17, 15) is 10.1 Å². The first-order valence-corrected chi connectivity index (χ1v) is 11.2. The van der Waals surface area contributed by atoms with Gasteiger partial charge in [0.05, 0.1) is 27.0 Å². The van der Waals surface area contributed by atoms with Crippen molar-refractivity contribution >= 4 is 12.0 Å². The fraction of sp³-hybridized carbons (Fsp3) is 0.214. The highest BCUT2D eigenvalue weighted by atomic mass is 16.5. The highest BCUT2D eigenvalue weighted by Gasteiger charge is 2.12. The minimum absolute atomic E-state index is 0.0428. The average molecular weight is 489 g/mol. The molecule has 0 unspecified atom stereocenters. The normalized spacial score (nSPS) is 10.8. The van der Waals surface area contributed by atoms with E-state index in [0.29, 0.717) is 34.3 Å². The first-order chi connectivity index (χ1) is 17.6. The monoisotopic (exact) mass is 488 g/mol. The van der Waals surface area contributed by atoms with Crippen molar-refractivity contribution in [2.45, 2.75) is 13.0 Å². The lowest BCUT2D eigenvalue weighted by Gasteiger charge is -2.14. The molecule has 0 aliphatic heterocycles. The standard InChI is InChI=1S/C28H28N2O6/c1-4-6-20-8-10-24(26(16-20)32-2)35-13-14-36-25-11-9-21(17-27(25)33-3)15-22(18-29)28(31)30-19-23-7-5-12-34-23/h4-5,7-12,15-17H,1,6,13-14,19H2,2-3H3,(H,30,31). The number of benzene rings is 2. The zero-order chi connectivity index (χ0) is 25.8. The molecular weight excluding hydrogens is 460 g/mol. The smallest absolute Gasteiger partial charge is 0.262 e. The van der Waals surface area contributed by atoms with Crippen molar-refractivity contribution in [2.75, 3.05) is 27.4 Å². The number of allylic oxidation sites excluding steroid dienone is 1. The van der Waals surface area contributed by atoms with E-state index in [1.165, 1.54) is 19.4 Å². The van der Waals surface area contributed by atoms with E-state index in [2.05, 4.69) is 11.9 Å². The Bertz CT molecular complexity index is 1240. The second kappa shape index (κ2) is 13.3. The molecule has 1 N–H and O–H groups in total. The summed E-state index contributed by atoms with van der Waals surface area (Å²) in [4.78, 5) is 12.4. The maximum absolute atomic E-state index is 12.4. The average Bonchev–Trinajstić information content (AvgIpc) is 3.43. The highest BCUT2D eigenvalue weighted by molar-refractivity contribution is 6.01. The number of carbonyl (C=O) groups excluding carboxylic acids is 1. The van der Waals surface area contributed by atoms with Crippen LogP contribution in [0.5, 0.6) is 23.0 Å². The molecule has 8 nitrogen and oxygen atoms in total. The van der Waals surface area contributed by atoms with Gasteiger partial charge in [-0.25, -0.2) is 0 Å². The number of nitrogens with one attached hydrogen (secondary N) is 1. The van der Waals surface area contributed by atoms with Gasteiger partial charge in [0, 0.05) is 0 Å². The Balaban J connectivity index is 1.59. The van der Waals surface area contributed by atoms with Crippen LogP contribution in [0.15, 0.2) is 77.4 Å². The molecule has 1 amide bonds. The molecule has 3 aromatic rings. The van der Waals surface area contributed by atoms with Crippen LogP contribution >= 0.6 is 0 Å². The topological polar surface area (TPSA) is 103 Å². The highest BCUT2D eigenvalue weighted by Crippen LogP contribution is 2.30. The van der Waals surface area contributed by atoms with E-state index in [1.807, 2.05) is 30.3 Å². The first kappa shape index (κ1) is 26.0. The molecular formula is C28H28N2O6. The van der Waals surface area contributed by atoms with E-state index in [-0.39, 0.29) is 25.3 Å². The quantitative estimate of drug-likeness (QED) is 0.161. The summed E-state index contributed by atoms with van der Waals surface area (Å²) in [6.45, 7) is 4.49. The largest absolute Gasteiger partial charge is 0.493 e. The van der Waals surface area contributed by atoms with Crippen molar-refractivity contribution in [3.05, 3.63) is 89.9 Å². The summed E-state index contributed by atoms with van der Waals surface area (Å²) in [6.07, 6.45) is 5.57. The Morgan fingerprint density at radius 2 is 1.72 bits per heavy atom. The van der Waals surface area contributed by atoms with Crippen LogP contribution in [0.25, 0.3) is 6.08 Å². The van der Waals surface area contributed by atoms with Crippen LogP contribution < -0.4 is 24.3 Å². The van der Waals surface area contributed by atoms with Gasteiger partial charge in [0.2, 0.25) is 0 Å². The fourth-order valence-electron chi connectivity index (χ4n) is 3.31. The molecule has 0 bridgehead atoms. The van der Waals surface area contributed by atoms with Gasteiger partial charge >= 0.3 is 0 Å². The zero-order valence-corrected chi connectivity index (χ0v) is 20.3. The van der Waals surface area contributed by atoms with Crippen LogP contribution in [0.4, 0.5) is 0 Å². The van der Waals surface area contributed by atoms with Crippen molar-refractivity contribution < 1.29 is 28.2 Å². The summed E-state index contributed by atoms with van der Waals surface area (Å²) >= 11 is 0. The number of amides is 1. The third kappa shape index (κ3) is 7.18. The Morgan fingerprint density at radius 3 is 2.33 bits per heavy atom. The van der Waals surface area contributed by atoms with Crippen LogP contribution in [0.2, 0.25) is 0 Å². The van der Waals surface area contributed by atoms with E-state index in [4.69, 9.17) is 23.4 Å². The van der Waals surface area contributed by atoms with Crippen molar-refractivity contribution in [3.8, 4) is 29.1 Å². The van der Waals surface area contributed by atoms with Crippen molar-refractivity contribution in [1.82, 2.24) is 5.32 Å². The van der Waals surface area contributed by atoms with Gasteiger partial charge < -0.3 is 28.7 Å². The van der Waals surface area contributed by atoms with Gasteiger partial charge in [0.1, 0.15) is 30.6 Å². The van der Waals surface area contributed by atoms with Crippen molar-refractivity contribution in [3.63, 3.8) is 0 Å².